The number of aromatic amines is 1. The number of nitrogens with one attached hydrogen (secondary N) is 1. The molecule has 0 aromatic carbocycles. The molecule has 4 aromatic heterocycles. The van der Waals surface area contributed by atoms with E-state index >= 15 is 0 Å². The molecule has 0 saturated heterocycles. The van der Waals surface area contributed by atoms with Crippen molar-refractivity contribution < 1.29 is 13.7 Å². The fourth-order valence-electron chi connectivity index (χ4n) is 3.43. The van der Waals surface area contributed by atoms with Crippen LogP contribution in [0.15, 0.2) is 40.0 Å². The second kappa shape index (κ2) is 6.35. The van der Waals surface area contributed by atoms with Crippen molar-refractivity contribution in [1.29, 1.82) is 0 Å². The van der Waals surface area contributed by atoms with Crippen LogP contribution in [0.5, 0.6) is 0 Å². The molecule has 136 valence electrons. The quantitative estimate of drug-likeness (QED) is 0.537. The standard InChI is InChI=1S/C18H16N6O3/c25-13(1-2-15-19-6-8-26-15)16-12-9-24(7-4-14(12)27-23-16)18-11-3-5-20-17(11)21-10-22-18/h3,5-6,8,10H,1-2,4,7,9H2,(H,20,21,22). The van der Waals surface area contributed by atoms with E-state index in [4.69, 9.17) is 8.94 Å². The molecule has 0 spiro atoms. The molecule has 0 fully saturated rings. The molecule has 0 radical (unpaired) electrons. The predicted molar refractivity (Wildman–Crippen MR) is 94.3 cm³/mol. The van der Waals surface area contributed by atoms with Crippen molar-refractivity contribution in [1.82, 2.24) is 25.1 Å². The highest BCUT2D eigenvalue weighted by atomic mass is 16.5. The molecule has 1 N–H and O–H groups in total. The molecule has 5 heterocycles. The maximum Gasteiger partial charge on any atom is 0.194 e. The fourth-order valence-corrected chi connectivity index (χ4v) is 3.43. The number of nitrogens with zero attached hydrogens (tertiary/aromatic N) is 5. The molecule has 0 aliphatic carbocycles. The number of ketones is 1. The third-order valence-corrected chi connectivity index (χ3v) is 4.77. The van der Waals surface area contributed by atoms with E-state index in [1.807, 2.05) is 12.3 Å². The zero-order valence-electron chi connectivity index (χ0n) is 14.4. The number of hydrogen-bond donors (Lipinski definition) is 1. The van der Waals surface area contributed by atoms with Crippen LogP contribution in [-0.2, 0) is 19.4 Å². The van der Waals surface area contributed by atoms with Crippen molar-refractivity contribution in [2.45, 2.75) is 25.8 Å². The van der Waals surface area contributed by atoms with Gasteiger partial charge in [0.05, 0.1) is 18.1 Å². The lowest BCUT2D eigenvalue weighted by molar-refractivity contribution is 0.0971. The largest absolute Gasteiger partial charge is 0.449 e. The van der Waals surface area contributed by atoms with E-state index in [9.17, 15) is 4.79 Å². The zero-order valence-corrected chi connectivity index (χ0v) is 14.4. The molecule has 0 saturated carbocycles. The number of carbonyl (C=O) groups excluding carboxylic acids is 1. The first-order valence-electron chi connectivity index (χ1n) is 8.71. The molecule has 0 bridgehead atoms. The summed E-state index contributed by atoms with van der Waals surface area (Å²) in [5, 5.41) is 4.99. The zero-order chi connectivity index (χ0) is 18.2. The second-order valence-electron chi connectivity index (χ2n) is 6.39. The Labute approximate surface area is 153 Å². The van der Waals surface area contributed by atoms with Gasteiger partial charge >= 0.3 is 0 Å². The highest BCUT2D eigenvalue weighted by Crippen LogP contribution is 2.29. The van der Waals surface area contributed by atoms with Gasteiger partial charge in [0.25, 0.3) is 0 Å². The summed E-state index contributed by atoms with van der Waals surface area (Å²) in [7, 11) is 0. The van der Waals surface area contributed by atoms with Gasteiger partial charge in [0.1, 0.15) is 29.8 Å². The summed E-state index contributed by atoms with van der Waals surface area (Å²) in [4.78, 5) is 30.6. The molecule has 27 heavy (non-hydrogen) atoms. The summed E-state index contributed by atoms with van der Waals surface area (Å²) in [6.07, 6.45) is 7.83. The Morgan fingerprint density at radius 1 is 1.30 bits per heavy atom. The van der Waals surface area contributed by atoms with Gasteiger partial charge in [-0.1, -0.05) is 5.16 Å². The van der Waals surface area contributed by atoms with Crippen LogP contribution in [0.2, 0.25) is 0 Å². The van der Waals surface area contributed by atoms with Crippen LogP contribution in [0.4, 0.5) is 5.82 Å². The number of anilines is 1. The number of H-pyrrole nitrogens is 1. The Morgan fingerprint density at radius 2 is 2.26 bits per heavy atom. The predicted octanol–water partition coefficient (Wildman–Crippen LogP) is 2.31. The average molecular weight is 364 g/mol. The number of aryl methyl sites for hydroxylation is 1. The Kier molecular flexibility index (Phi) is 3.70. The van der Waals surface area contributed by atoms with Crippen molar-refractivity contribution in [3.05, 3.63) is 54.0 Å². The molecular weight excluding hydrogens is 348 g/mol. The van der Waals surface area contributed by atoms with Crippen molar-refractivity contribution in [3.63, 3.8) is 0 Å². The van der Waals surface area contributed by atoms with Crippen LogP contribution in [0.25, 0.3) is 11.0 Å². The number of fused-ring (bicyclic) bond motifs is 2. The summed E-state index contributed by atoms with van der Waals surface area (Å²) in [6, 6.07) is 1.95. The topological polar surface area (TPSA) is 114 Å². The molecule has 0 atom stereocenters. The normalized spacial score (nSPS) is 13.9. The summed E-state index contributed by atoms with van der Waals surface area (Å²) in [5.41, 5.74) is 2.01. The first kappa shape index (κ1) is 15.7. The summed E-state index contributed by atoms with van der Waals surface area (Å²) < 4.78 is 10.6. The lowest BCUT2D eigenvalue weighted by Gasteiger charge is -2.27. The van der Waals surface area contributed by atoms with Crippen LogP contribution >= 0.6 is 0 Å². The molecule has 0 amide bonds. The molecule has 4 aromatic rings. The SMILES string of the molecule is O=C(CCc1ncco1)c1noc2c1CN(c1ncnc3[nH]ccc13)CC2. The van der Waals surface area contributed by atoms with E-state index in [0.29, 0.717) is 31.0 Å². The molecule has 1 aliphatic heterocycles. The van der Waals surface area contributed by atoms with E-state index < -0.39 is 0 Å². The molecule has 0 unspecified atom stereocenters. The van der Waals surface area contributed by atoms with E-state index in [1.165, 1.54) is 6.26 Å². The minimum atomic E-state index is -0.0745. The van der Waals surface area contributed by atoms with Gasteiger partial charge in [0.15, 0.2) is 17.4 Å². The Bertz CT molecular complexity index is 1100. The van der Waals surface area contributed by atoms with Crippen LogP contribution < -0.4 is 4.90 Å². The molecular formula is C18H16N6O3. The summed E-state index contributed by atoms with van der Waals surface area (Å²) >= 11 is 0. The van der Waals surface area contributed by atoms with Crippen molar-refractivity contribution in [3.8, 4) is 0 Å². The van der Waals surface area contributed by atoms with Crippen LogP contribution in [0, 0.1) is 0 Å². The van der Waals surface area contributed by atoms with Gasteiger partial charge in [-0.2, -0.15) is 0 Å². The highest BCUT2D eigenvalue weighted by molar-refractivity contribution is 5.96. The van der Waals surface area contributed by atoms with Crippen molar-refractivity contribution >= 4 is 22.6 Å². The minimum absolute atomic E-state index is 0.0745. The number of aromatic nitrogens is 5. The monoisotopic (exact) mass is 364 g/mol. The van der Waals surface area contributed by atoms with Gasteiger partial charge in [-0.15, -0.1) is 0 Å². The number of carbonyl (C=O) groups is 1. The Morgan fingerprint density at radius 3 is 3.15 bits per heavy atom. The van der Waals surface area contributed by atoms with Gasteiger partial charge in [-0.05, 0) is 6.07 Å². The molecule has 1 aliphatic rings. The van der Waals surface area contributed by atoms with Gasteiger partial charge in [0, 0.05) is 37.6 Å². The lowest BCUT2D eigenvalue weighted by Crippen LogP contribution is -2.31. The third kappa shape index (κ3) is 2.77. The van der Waals surface area contributed by atoms with Crippen molar-refractivity contribution in [2.75, 3.05) is 11.4 Å². The summed E-state index contributed by atoms with van der Waals surface area (Å²) in [6.45, 7) is 1.26. The molecule has 5 rings (SSSR count). The smallest absolute Gasteiger partial charge is 0.194 e. The maximum atomic E-state index is 12.6. The summed E-state index contributed by atoms with van der Waals surface area (Å²) in [5.74, 6) is 2.07. The van der Waals surface area contributed by atoms with Gasteiger partial charge in [-0.3, -0.25) is 4.79 Å². The minimum Gasteiger partial charge on any atom is -0.449 e. The average Bonchev–Trinajstić information content (AvgIpc) is 3.45. The van der Waals surface area contributed by atoms with Gasteiger partial charge in [0.2, 0.25) is 0 Å². The highest BCUT2D eigenvalue weighted by Gasteiger charge is 2.29. The van der Waals surface area contributed by atoms with Gasteiger partial charge in [-0.25, -0.2) is 15.0 Å². The number of hydrogen-bond acceptors (Lipinski definition) is 8. The van der Waals surface area contributed by atoms with Gasteiger partial charge < -0.3 is 18.8 Å². The van der Waals surface area contributed by atoms with Crippen LogP contribution in [0.3, 0.4) is 0 Å². The maximum absolute atomic E-state index is 12.6. The lowest BCUT2D eigenvalue weighted by atomic mass is 10.0. The van der Waals surface area contributed by atoms with Crippen molar-refractivity contribution in [2.24, 2.45) is 0 Å². The van der Waals surface area contributed by atoms with E-state index in [2.05, 4.69) is 30.0 Å². The van der Waals surface area contributed by atoms with E-state index in [0.717, 1.165) is 34.7 Å². The number of rotatable bonds is 5. The first-order valence-corrected chi connectivity index (χ1v) is 8.71. The second-order valence-corrected chi connectivity index (χ2v) is 6.39. The fraction of sp³-hybridized carbons (Fsp3) is 0.278. The van der Waals surface area contributed by atoms with E-state index in [1.54, 1.807) is 12.5 Å². The van der Waals surface area contributed by atoms with Crippen LogP contribution in [0.1, 0.15) is 34.1 Å². The Hall–Kier alpha value is -3.49. The van der Waals surface area contributed by atoms with E-state index in [-0.39, 0.29) is 12.2 Å². The number of oxazole rings is 1. The first-order chi connectivity index (χ1) is 13.3. The van der Waals surface area contributed by atoms with Crippen LogP contribution in [-0.4, -0.2) is 37.4 Å². The molecule has 9 heteroatoms. The number of Topliss-reactive ketones (excluding diaryl/α,β-unsaturated/α-hetero) is 1. The molecule has 9 nitrogen and oxygen atoms in total. The third-order valence-electron chi connectivity index (χ3n) is 4.77. The Balaban J connectivity index is 1.40.